The van der Waals surface area contributed by atoms with Crippen LogP contribution in [0.3, 0.4) is 0 Å². The maximum absolute atomic E-state index is 12.8. The molecule has 1 spiro atoms. The van der Waals surface area contributed by atoms with Crippen molar-refractivity contribution in [1.29, 1.82) is 0 Å². The third kappa shape index (κ3) is 5.56. The predicted molar refractivity (Wildman–Crippen MR) is 128 cm³/mol. The first-order valence-corrected chi connectivity index (χ1v) is 12.9. The lowest BCUT2D eigenvalue weighted by Crippen LogP contribution is -2.53. The zero-order chi connectivity index (χ0) is 23.4. The number of hydrogen-bond acceptors (Lipinski definition) is 5. The fourth-order valence-electron chi connectivity index (χ4n) is 6.10. The summed E-state index contributed by atoms with van der Waals surface area (Å²) in [5.74, 6) is 0.640. The molecule has 3 heterocycles. The van der Waals surface area contributed by atoms with E-state index in [2.05, 4.69) is 17.1 Å². The molecule has 33 heavy (non-hydrogen) atoms. The number of hydrogen-bond donors (Lipinski definition) is 0. The van der Waals surface area contributed by atoms with Gasteiger partial charge in [-0.05, 0) is 83.9 Å². The number of carbonyl (C=O) groups excluding carboxylic acids is 2. The average Bonchev–Trinajstić information content (AvgIpc) is 2.81. The van der Waals surface area contributed by atoms with Crippen molar-refractivity contribution in [3.05, 3.63) is 23.3 Å². The Morgan fingerprint density at radius 1 is 1.09 bits per heavy atom. The molecule has 0 aromatic carbocycles. The molecular weight excluding hydrogens is 418 g/mol. The first-order valence-electron chi connectivity index (χ1n) is 12.9. The zero-order valence-corrected chi connectivity index (χ0v) is 20.7. The van der Waals surface area contributed by atoms with Gasteiger partial charge in [-0.15, -0.1) is 0 Å². The predicted octanol–water partition coefficient (Wildman–Crippen LogP) is 4.44. The summed E-state index contributed by atoms with van der Waals surface area (Å²) in [5, 5.41) is 0. The number of piperidine rings is 2. The zero-order valence-electron chi connectivity index (χ0n) is 20.7. The van der Waals surface area contributed by atoms with Gasteiger partial charge in [0, 0.05) is 38.1 Å². The fourth-order valence-corrected chi connectivity index (χ4v) is 6.10. The standard InChI is InChI=1S/C26H41N3O4/c1-4-32-24(30)28-13-9-21(10-14-28)17-27-15-11-26(12-16-27)19-29(25(31)33-20(2)3)18-22-7-5-6-8-23(22)26/h5,7,20-21H,4,6,8-19H2,1-3H3. The Morgan fingerprint density at radius 3 is 2.48 bits per heavy atom. The molecular formula is C26H41N3O4. The molecule has 0 N–H and O–H groups in total. The van der Waals surface area contributed by atoms with Crippen LogP contribution in [0.5, 0.6) is 0 Å². The average molecular weight is 460 g/mol. The topological polar surface area (TPSA) is 62.3 Å². The smallest absolute Gasteiger partial charge is 0.410 e. The van der Waals surface area contributed by atoms with Gasteiger partial charge in [-0.2, -0.15) is 0 Å². The van der Waals surface area contributed by atoms with E-state index in [1.807, 2.05) is 30.6 Å². The van der Waals surface area contributed by atoms with Crippen molar-refractivity contribution in [2.45, 2.75) is 65.4 Å². The summed E-state index contributed by atoms with van der Waals surface area (Å²) in [6, 6.07) is 0. The van der Waals surface area contributed by atoms with Crippen molar-refractivity contribution >= 4 is 12.2 Å². The quantitative estimate of drug-likeness (QED) is 0.622. The third-order valence-electron chi connectivity index (χ3n) is 7.83. The highest BCUT2D eigenvalue weighted by molar-refractivity contribution is 5.69. The van der Waals surface area contributed by atoms with Crippen molar-refractivity contribution in [2.24, 2.45) is 11.3 Å². The van der Waals surface area contributed by atoms with E-state index >= 15 is 0 Å². The Morgan fingerprint density at radius 2 is 1.82 bits per heavy atom. The molecule has 2 saturated heterocycles. The summed E-state index contributed by atoms with van der Waals surface area (Å²) in [7, 11) is 0. The van der Waals surface area contributed by atoms with Crippen LogP contribution in [0.1, 0.15) is 59.3 Å². The second kappa shape index (κ2) is 10.5. The third-order valence-corrected chi connectivity index (χ3v) is 7.83. The summed E-state index contributed by atoms with van der Waals surface area (Å²) in [5.41, 5.74) is 3.03. The van der Waals surface area contributed by atoms with E-state index < -0.39 is 0 Å². The van der Waals surface area contributed by atoms with Crippen LogP contribution in [-0.2, 0) is 9.47 Å². The van der Waals surface area contributed by atoms with Gasteiger partial charge in [0.2, 0.25) is 0 Å². The maximum Gasteiger partial charge on any atom is 0.410 e. The van der Waals surface area contributed by atoms with Crippen LogP contribution in [-0.4, -0.2) is 85.4 Å². The minimum Gasteiger partial charge on any atom is -0.450 e. The molecule has 0 aromatic rings. The van der Waals surface area contributed by atoms with Crippen LogP contribution in [0.15, 0.2) is 23.3 Å². The summed E-state index contributed by atoms with van der Waals surface area (Å²) in [6.45, 7) is 12.5. The first-order chi connectivity index (χ1) is 15.9. The number of allylic oxidation sites excluding steroid dienone is 1. The summed E-state index contributed by atoms with van der Waals surface area (Å²) >= 11 is 0. The van der Waals surface area contributed by atoms with Crippen molar-refractivity contribution < 1.29 is 19.1 Å². The molecule has 184 valence electrons. The fraction of sp³-hybridized carbons (Fsp3) is 0.769. The molecule has 4 aliphatic rings. The first kappa shape index (κ1) is 24.1. The van der Waals surface area contributed by atoms with Crippen molar-refractivity contribution in [3.8, 4) is 0 Å². The molecule has 3 aliphatic heterocycles. The molecule has 7 nitrogen and oxygen atoms in total. The lowest BCUT2D eigenvalue weighted by atomic mass is 9.66. The van der Waals surface area contributed by atoms with Gasteiger partial charge in [0.1, 0.15) is 0 Å². The number of rotatable bonds is 4. The molecule has 2 amide bonds. The Bertz CT molecular complexity index is 774. The van der Waals surface area contributed by atoms with Gasteiger partial charge in [0.15, 0.2) is 0 Å². The molecule has 0 unspecified atom stereocenters. The van der Waals surface area contributed by atoms with Crippen LogP contribution in [0.25, 0.3) is 0 Å². The Labute approximate surface area is 198 Å². The number of nitrogens with zero attached hydrogens (tertiary/aromatic N) is 3. The molecule has 4 rings (SSSR count). The molecule has 2 fully saturated rings. The van der Waals surface area contributed by atoms with Gasteiger partial charge in [0.05, 0.1) is 12.7 Å². The normalized spacial score (nSPS) is 23.8. The van der Waals surface area contributed by atoms with Crippen LogP contribution in [0, 0.1) is 11.3 Å². The molecule has 0 saturated carbocycles. The lowest BCUT2D eigenvalue weighted by Gasteiger charge is -2.50. The number of carbonyl (C=O) groups is 2. The van der Waals surface area contributed by atoms with E-state index in [4.69, 9.17) is 9.47 Å². The van der Waals surface area contributed by atoms with Gasteiger partial charge in [0.25, 0.3) is 0 Å². The van der Waals surface area contributed by atoms with E-state index in [0.717, 1.165) is 77.8 Å². The van der Waals surface area contributed by atoms with Gasteiger partial charge < -0.3 is 24.2 Å². The Balaban J connectivity index is 1.34. The molecule has 7 heteroatoms. The summed E-state index contributed by atoms with van der Waals surface area (Å²) in [4.78, 5) is 31.1. The van der Waals surface area contributed by atoms with E-state index in [9.17, 15) is 9.59 Å². The van der Waals surface area contributed by atoms with Crippen LogP contribution >= 0.6 is 0 Å². The number of likely N-dealkylation sites (tertiary alicyclic amines) is 2. The molecule has 0 aromatic heterocycles. The van der Waals surface area contributed by atoms with E-state index in [1.165, 1.54) is 5.57 Å². The maximum atomic E-state index is 12.8. The molecule has 1 aliphatic carbocycles. The highest BCUT2D eigenvalue weighted by atomic mass is 16.6. The van der Waals surface area contributed by atoms with Crippen LogP contribution in [0.4, 0.5) is 9.59 Å². The number of amides is 2. The summed E-state index contributed by atoms with van der Waals surface area (Å²) in [6.07, 6.45) is 10.6. The van der Waals surface area contributed by atoms with Crippen molar-refractivity contribution in [1.82, 2.24) is 14.7 Å². The second-order valence-electron chi connectivity index (χ2n) is 10.4. The molecule has 0 atom stereocenters. The van der Waals surface area contributed by atoms with E-state index in [-0.39, 0.29) is 23.7 Å². The lowest BCUT2D eigenvalue weighted by molar-refractivity contribution is 0.0379. The van der Waals surface area contributed by atoms with Gasteiger partial charge in [-0.1, -0.05) is 17.7 Å². The van der Waals surface area contributed by atoms with Gasteiger partial charge >= 0.3 is 12.2 Å². The Kier molecular flexibility index (Phi) is 7.67. The number of fused-ring (bicyclic) bond motifs is 1. The molecule has 0 bridgehead atoms. The molecule has 0 radical (unpaired) electrons. The second-order valence-corrected chi connectivity index (χ2v) is 10.4. The largest absolute Gasteiger partial charge is 0.450 e. The monoisotopic (exact) mass is 459 g/mol. The highest BCUT2D eigenvalue weighted by Gasteiger charge is 2.45. The van der Waals surface area contributed by atoms with E-state index in [1.54, 1.807) is 5.57 Å². The van der Waals surface area contributed by atoms with Gasteiger partial charge in [-0.3, -0.25) is 0 Å². The van der Waals surface area contributed by atoms with Crippen molar-refractivity contribution in [3.63, 3.8) is 0 Å². The van der Waals surface area contributed by atoms with Gasteiger partial charge in [-0.25, -0.2) is 9.59 Å². The van der Waals surface area contributed by atoms with Crippen LogP contribution in [0.2, 0.25) is 0 Å². The Hall–Kier alpha value is -2.02. The minimum absolute atomic E-state index is 0.0946. The van der Waals surface area contributed by atoms with Crippen molar-refractivity contribution in [2.75, 3.05) is 52.4 Å². The van der Waals surface area contributed by atoms with Crippen LogP contribution < -0.4 is 0 Å². The summed E-state index contributed by atoms with van der Waals surface area (Å²) < 4.78 is 10.7. The number of ether oxygens (including phenoxy) is 2. The SMILES string of the molecule is CCOC(=O)N1CCC(CN2CCC3(CC2)CN(C(=O)OC(C)C)CC2=C3CCC=C2)CC1. The van der Waals surface area contributed by atoms with E-state index in [0.29, 0.717) is 19.1 Å². The highest BCUT2D eigenvalue weighted by Crippen LogP contribution is 2.47. The minimum atomic E-state index is -0.175.